The lowest BCUT2D eigenvalue weighted by Crippen LogP contribution is -2.13. The summed E-state index contributed by atoms with van der Waals surface area (Å²) in [5, 5.41) is 12.5. The van der Waals surface area contributed by atoms with Crippen molar-refractivity contribution in [2.75, 3.05) is 18.2 Å². The fourth-order valence-electron chi connectivity index (χ4n) is 1.92. The summed E-state index contributed by atoms with van der Waals surface area (Å²) in [6.07, 6.45) is 0. The Bertz CT molecular complexity index is 744. The number of nitrogens with one attached hydrogen (secondary N) is 1. The smallest absolute Gasteiger partial charge is 0.260 e. The molecule has 0 aliphatic carbocycles. The highest BCUT2D eigenvalue weighted by molar-refractivity contribution is 7.16. The number of amides is 1. The Balaban J connectivity index is 2.37. The summed E-state index contributed by atoms with van der Waals surface area (Å²) in [6, 6.07) is 6.97. The molecule has 0 fully saturated rings. The zero-order valence-corrected chi connectivity index (χ0v) is 12.8. The number of thiophene rings is 1. The van der Waals surface area contributed by atoms with Gasteiger partial charge in [-0.05, 0) is 37.6 Å². The van der Waals surface area contributed by atoms with Crippen LogP contribution in [0.1, 0.15) is 26.4 Å². The molecule has 0 bridgehead atoms. The van der Waals surface area contributed by atoms with Crippen LogP contribution in [0.5, 0.6) is 5.75 Å². The highest BCUT2D eigenvalue weighted by atomic mass is 32.1. The number of rotatable bonds is 3. The van der Waals surface area contributed by atoms with E-state index in [-0.39, 0.29) is 5.91 Å². The van der Waals surface area contributed by atoms with Gasteiger partial charge in [0.05, 0.1) is 18.2 Å². The Kier molecular flexibility index (Phi) is 4.15. The average molecular weight is 301 g/mol. The van der Waals surface area contributed by atoms with Crippen LogP contribution in [-0.4, -0.2) is 13.0 Å². The van der Waals surface area contributed by atoms with Crippen molar-refractivity contribution in [1.82, 2.24) is 0 Å². The summed E-state index contributed by atoms with van der Waals surface area (Å²) in [6.45, 7) is 3.78. The molecular formula is C15H15N3O2S. The van der Waals surface area contributed by atoms with Crippen molar-refractivity contribution < 1.29 is 9.53 Å². The predicted molar refractivity (Wildman–Crippen MR) is 83.9 cm³/mol. The number of nitriles is 1. The standard InChI is InChI=1S/C15H15N3O2S/c1-8-9(2)21-15(12(8)7-16)18-14(19)11-6-10(17)4-5-13(11)20-3/h4-6H,17H2,1-3H3,(H,18,19). The first-order valence-electron chi connectivity index (χ1n) is 6.23. The first kappa shape index (κ1) is 14.9. The molecule has 2 rings (SSSR count). The molecule has 0 saturated heterocycles. The third-order valence-electron chi connectivity index (χ3n) is 3.19. The summed E-state index contributed by atoms with van der Waals surface area (Å²) in [5.74, 6) is 0.0853. The molecule has 21 heavy (non-hydrogen) atoms. The number of nitrogens with zero attached hydrogens (tertiary/aromatic N) is 1. The van der Waals surface area contributed by atoms with Crippen molar-refractivity contribution in [3.8, 4) is 11.8 Å². The fourth-order valence-corrected chi connectivity index (χ4v) is 2.93. The number of benzene rings is 1. The van der Waals surface area contributed by atoms with Gasteiger partial charge in [-0.25, -0.2) is 0 Å². The highest BCUT2D eigenvalue weighted by Gasteiger charge is 2.18. The van der Waals surface area contributed by atoms with Crippen LogP contribution in [0, 0.1) is 25.2 Å². The minimum absolute atomic E-state index is 0.338. The van der Waals surface area contributed by atoms with Crippen LogP contribution in [-0.2, 0) is 0 Å². The normalized spacial score (nSPS) is 10.0. The van der Waals surface area contributed by atoms with E-state index in [0.29, 0.717) is 27.6 Å². The molecule has 0 atom stereocenters. The van der Waals surface area contributed by atoms with E-state index in [1.54, 1.807) is 18.2 Å². The zero-order chi connectivity index (χ0) is 15.6. The number of hydrogen-bond donors (Lipinski definition) is 2. The number of hydrogen-bond acceptors (Lipinski definition) is 5. The number of nitrogen functional groups attached to an aromatic ring is 1. The van der Waals surface area contributed by atoms with E-state index in [4.69, 9.17) is 10.5 Å². The summed E-state index contributed by atoms with van der Waals surface area (Å²) in [4.78, 5) is 13.4. The van der Waals surface area contributed by atoms with Gasteiger partial charge in [0.25, 0.3) is 5.91 Å². The molecule has 1 heterocycles. The van der Waals surface area contributed by atoms with Crippen molar-refractivity contribution in [1.29, 1.82) is 5.26 Å². The van der Waals surface area contributed by atoms with E-state index < -0.39 is 0 Å². The van der Waals surface area contributed by atoms with Crippen LogP contribution in [0.2, 0.25) is 0 Å². The van der Waals surface area contributed by atoms with Crippen LogP contribution in [0.3, 0.4) is 0 Å². The molecule has 0 aliphatic rings. The topological polar surface area (TPSA) is 88.1 Å². The SMILES string of the molecule is COc1ccc(N)cc1C(=O)Nc1sc(C)c(C)c1C#N. The van der Waals surface area contributed by atoms with Crippen LogP contribution in [0.4, 0.5) is 10.7 Å². The molecule has 6 heteroatoms. The minimum Gasteiger partial charge on any atom is -0.496 e. The summed E-state index contributed by atoms with van der Waals surface area (Å²) < 4.78 is 5.17. The molecule has 1 aromatic heterocycles. The molecule has 0 aliphatic heterocycles. The second-order valence-corrected chi connectivity index (χ2v) is 5.74. The van der Waals surface area contributed by atoms with E-state index in [1.165, 1.54) is 18.4 Å². The lowest BCUT2D eigenvalue weighted by Gasteiger charge is -2.09. The molecular weight excluding hydrogens is 286 g/mol. The third kappa shape index (κ3) is 2.83. The third-order valence-corrected chi connectivity index (χ3v) is 4.32. The van der Waals surface area contributed by atoms with E-state index in [2.05, 4.69) is 11.4 Å². The van der Waals surface area contributed by atoms with Gasteiger partial charge in [0.2, 0.25) is 0 Å². The van der Waals surface area contributed by atoms with E-state index in [0.717, 1.165) is 10.4 Å². The van der Waals surface area contributed by atoms with E-state index in [9.17, 15) is 10.1 Å². The highest BCUT2D eigenvalue weighted by Crippen LogP contribution is 2.32. The Morgan fingerprint density at radius 3 is 2.76 bits per heavy atom. The quantitative estimate of drug-likeness (QED) is 0.853. The summed E-state index contributed by atoms with van der Waals surface area (Å²) >= 11 is 1.38. The Hall–Kier alpha value is -2.52. The van der Waals surface area contributed by atoms with Crippen molar-refractivity contribution in [3.63, 3.8) is 0 Å². The van der Waals surface area contributed by atoms with Crippen LogP contribution >= 0.6 is 11.3 Å². The van der Waals surface area contributed by atoms with Crippen LogP contribution < -0.4 is 15.8 Å². The molecule has 1 aromatic carbocycles. The number of ether oxygens (including phenoxy) is 1. The zero-order valence-electron chi connectivity index (χ0n) is 12.0. The molecule has 0 unspecified atom stereocenters. The largest absolute Gasteiger partial charge is 0.496 e. The van der Waals surface area contributed by atoms with Crippen LogP contribution in [0.15, 0.2) is 18.2 Å². The molecule has 108 valence electrons. The molecule has 5 nitrogen and oxygen atoms in total. The maximum atomic E-state index is 12.4. The number of carbonyl (C=O) groups excluding carboxylic acids is 1. The summed E-state index contributed by atoms with van der Waals surface area (Å²) in [5.41, 5.74) is 7.90. The van der Waals surface area contributed by atoms with E-state index in [1.807, 2.05) is 13.8 Å². The van der Waals surface area contributed by atoms with Gasteiger partial charge in [-0.15, -0.1) is 11.3 Å². The number of carbonyl (C=O) groups is 1. The van der Waals surface area contributed by atoms with Crippen molar-refractivity contribution in [2.24, 2.45) is 0 Å². The van der Waals surface area contributed by atoms with Gasteiger partial charge in [0.1, 0.15) is 16.8 Å². The second kappa shape index (κ2) is 5.85. The summed E-state index contributed by atoms with van der Waals surface area (Å²) in [7, 11) is 1.49. The second-order valence-electron chi connectivity index (χ2n) is 4.51. The number of anilines is 2. The molecule has 0 radical (unpaired) electrons. The van der Waals surface area contributed by atoms with Crippen molar-refractivity contribution >= 4 is 27.9 Å². The van der Waals surface area contributed by atoms with Gasteiger partial charge < -0.3 is 15.8 Å². The van der Waals surface area contributed by atoms with Crippen molar-refractivity contribution in [2.45, 2.75) is 13.8 Å². The maximum Gasteiger partial charge on any atom is 0.260 e. The molecule has 2 aromatic rings. The van der Waals surface area contributed by atoms with Gasteiger partial charge >= 0.3 is 0 Å². The number of methoxy groups -OCH3 is 1. The average Bonchev–Trinajstić information content (AvgIpc) is 2.73. The lowest BCUT2D eigenvalue weighted by atomic mass is 10.1. The van der Waals surface area contributed by atoms with Gasteiger partial charge in [-0.3, -0.25) is 4.79 Å². The number of nitrogens with two attached hydrogens (primary N) is 1. The van der Waals surface area contributed by atoms with E-state index >= 15 is 0 Å². The minimum atomic E-state index is -0.350. The maximum absolute atomic E-state index is 12.4. The van der Waals surface area contributed by atoms with Gasteiger partial charge in [-0.2, -0.15) is 5.26 Å². The molecule has 3 N–H and O–H groups in total. The van der Waals surface area contributed by atoms with Gasteiger partial charge in [0.15, 0.2) is 0 Å². The van der Waals surface area contributed by atoms with Crippen molar-refractivity contribution in [3.05, 3.63) is 39.8 Å². The monoisotopic (exact) mass is 301 g/mol. The lowest BCUT2D eigenvalue weighted by molar-refractivity contribution is 0.102. The van der Waals surface area contributed by atoms with Gasteiger partial charge in [0, 0.05) is 10.6 Å². The fraction of sp³-hybridized carbons (Fsp3) is 0.200. The first-order valence-corrected chi connectivity index (χ1v) is 7.04. The Labute approximate surface area is 127 Å². The molecule has 0 saturated carbocycles. The predicted octanol–water partition coefficient (Wildman–Crippen LogP) is 3.08. The molecule has 1 amide bonds. The van der Waals surface area contributed by atoms with Gasteiger partial charge in [-0.1, -0.05) is 0 Å². The number of aryl methyl sites for hydroxylation is 1. The van der Waals surface area contributed by atoms with Crippen LogP contribution in [0.25, 0.3) is 0 Å². The molecule has 0 spiro atoms. The Morgan fingerprint density at radius 2 is 2.14 bits per heavy atom. The first-order chi connectivity index (χ1) is 9.97. The Morgan fingerprint density at radius 1 is 1.43 bits per heavy atom.